The lowest BCUT2D eigenvalue weighted by molar-refractivity contribution is 0.290. The van der Waals surface area contributed by atoms with Crippen molar-refractivity contribution >= 4 is 22.8 Å². The molecule has 6 heteroatoms. The third-order valence-corrected chi connectivity index (χ3v) is 4.01. The lowest BCUT2D eigenvalue weighted by Gasteiger charge is -2.19. The molecular formula is C14H24ClN5. The first-order valence-corrected chi connectivity index (χ1v) is 7.82. The van der Waals surface area contributed by atoms with Gasteiger partial charge >= 0.3 is 0 Å². The van der Waals surface area contributed by atoms with Gasteiger partial charge in [-0.1, -0.05) is 13.8 Å². The summed E-state index contributed by atoms with van der Waals surface area (Å²) in [6, 6.07) is 0. The van der Waals surface area contributed by atoms with Crippen LogP contribution in [0.15, 0.2) is 0 Å². The van der Waals surface area contributed by atoms with E-state index in [1.807, 2.05) is 18.7 Å². The topological polar surface area (TPSA) is 38.9 Å². The molecule has 0 unspecified atom stereocenters. The van der Waals surface area contributed by atoms with Crippen LogP contribution in [0.25, 0.3) is 11.2 Å². The van der Waals surface area contributed by atoms with Crippen LogP contribution in [0, 0.1) is 6.92 Å². The molecule has 0 saturated carbocycles. The van der Waals surface area contributed by atoms with Crippen molar-refractivity contribution in [1.29, 1.82) is 0 Å². The second-order valence-corrected chi connectivity index (χ2v) is 5.40. The molecule has 0 atom stereocenters. The summed E-state index contributed by atoms with van der Waals surface area (Å²) in [7, 11) is 1.98. The van der Waals surface area contributed by atoms with Gasteiger partial charge in [0.1, 0.15) is 11.3 Å². The molecule has 0 aromatic carbocycles. The number of imidazole rings is 1. The summed E-state index contributed by atoms with van der Waals surface area (Å²) in [6.45, 7) is 10.5. The fourth-order valence-corrected chi connectivity index (χ4v) is 2.84. The minimum Gasteiger partial charge on any atom is -0.312 e. The van der Waals surface area contributed by atoms with E-state index in [4.69, 9.17) is 16.6 Å². The number of nitrogens with zero attached hydrogens (tertiary/aromatic N) is 5. The smallest absolute Gasteiger partial charge is 0.158 e. The van der Waals surface area contributed by atoms with Crippen LogP contribution in [-0.2, 0) is 20.0 Å². The van der Waals surface area contributed by atoms with Crippen molar-refractivity contribution in [2.24, 2.45) is 7.05 Å². The predicted octanol–water partition coefficient (Wildman–Crippen LogP) is 2.20. The first-order chi connectivity index (χ1) is 9.62. The van der Waals surface area contributed by atoms with Crippen molar-refractivity contribution < 1.29 is 0 Å². The summed E-state index contributed by atoms with van der Waals surface area (Å²) in [5, 5.41) is 4.47. The van der Waals surface area contributed by atoms with E-state index in [0.717, 1.165) is 55.3 Å². The molecule has 0 radical (unpaired) electrons. The highest BCUT2D eigenvalue weighted by Gasteiger charge is 2.17. The fraction of sp³-hybridized carbons (Fsp3) is 0.714. The Morgan fingerprint density at radius 3 is 2.55 bits per heavy atom. The Kier molecular flexibility index (Phi) is 5.05. The van der Waals surface area contributed by atoms with Gasteiger partial charge in [-0.15, -0.1) is 11.6 Å². The van der Waals surface area contributed by atoms with Crippen molar-refractivity contribution in [2.45, 2.75) is 33.7 Å². The molecule has 0 N–H and O–H groups in total. The van der Waals surface area contributed by atoms with Gasteiger partial charge in [0, 0.05) is 32.4 Å². The van der Waals surface area contributed by atoms with Gasteiger partial charge in [0.2, 0.25) is 0 Å². The summed E-state index contributed by atoms with van der Waals surface area (Å²) < 4.78 is 4.20. The number of aromatic nitrogens is 4. The maximum Gasteiger partial charge on any atom is 0.158 e. The van der Waals surface area contributed by atoms with Crippen molar-refractivity contribution in [3.05, 3.63) is 11.5 Å². The van der Waals surface area contributed by atoms with E-state index in [0.29, 0.717) is 5.88 Å². The summed E-state index contributed by atoms with van der Waals surface area (Å²) in [4.78, 5) is 7.15. The van der Waals surface area contributed by atoms with Gasteiger partial charge in [0.25, 0.3) is 0 Å². The molecule has 2 aromatic rings. The Morgan fingerprint density at radius 2 is 1.95 bits per heavy atom. The molecule has 0 aliphatic heterocycles. The van der Waals surface area contributed by atoms with Crippen LogP contribution in [0.4, 0.5) is 0 Å². The van der Waals surface area contributed by atoms with Crippen LogP contribution in [0.5, 0.6) is 0 Å². The molecule has 0 fully saturated rings. The van der Waals surface area contributed by atoms with Gasteiger partial charge in [-0.05, 0) is 20.0 Å². The Hall–Kier alpha value is -1.07. The van der Waals surface area contributed by atoms with E-state index in [1.165, 1.54) is 0 Å². The molecule has 0 bridgehead atoms. The molecule has 0 amide bonds. The standard InChI is InChI=1S/C14H24ClN5/c1-5-19(6-2)9-10-20-12(7-8-15)16-13-11(3)17-18(4)14(13)20/h5-10H2,1-4H3. The summed E-state index contributed by atoms with van der Waals surface area (Å²) in [5.41, 5.74) is 3.10. The number of likely N-dealkylation sites (N-methyl/N-ethyl adjacent to an activating group) is 1. The van der Waals surface area contributed by atoms with E-state index >= 15 is 0 Å². The monoisotopic (exact) mass is 297 g/mol. The number of alkyl halides is 1. The second kappa shape index (κ2) is 6.59. The molecule has 0 aliphatic rings. The number of fused-ring (bicyclic) bond motifs is 1. The highest BCUT2D eigenvalue weighted by atomic mass is 35.5. The number of hydrogen-bond donors (Lipinski definition) is 0. The molecule has 0 aliphatic carbocycles. The first kappa shape index (κ1) is 15.3. The van der Waals surface area contributed by atoms with Gasteiger partial charge in [-0.3, -0.25) is 4.68 Å². The van der Waals surface area contributed by atoms with Gasteiger partial charge in [-0.2, -0.15) is 5.10 Å². The van der Waals surface area contributed by atoms with Crippen molar-refractivity contribution in [3.8, 4) is 0 Å². The normalized spacial score (nSPS) is 11.9. The molecular weight excluding hydrogens is 274 g/mol. The minimum absolute atomic E-state index is 0.598. The molecule has 0 spiro atoms. The van der Waals surface area contributed by atoms with E-state index in [-0.39, 0.29) is 0 Å². The molecule has 0 saturated heterocycles. The highest BCUT2D eigenvalue weighted by molar-refractivity contribution is 6.17. The van der Waals surface area contributed by atoms with E-state index < -0.39 is 0 Å². The molecule has 5 nitrogen and oxygen atoms in total. The average molecular weight is 298 g/mol. The molecule has 112 valence electrons. The summed E-state index contributed by atoms with van der Waals surface area (Å²) >= 11 is 5.91. The third kappa shape index (κ3) is 2.83. The van der Waals surface area contributed by atoms with Gasteiger partial charge in [-0.25, -0.2) is 4.98 Å². The zero-order chi connectivity index (χ0) is 14.7. The van der Waals surface area contributed by atoms with Crippen molar-refractivity contribution in [3.63, 3.8) is 0 Å². The van der Waals surface area contributed by atoms with Gasteiger partial charge < -0.3 is 9.47 Å². The number of halogens is 1. The predicted molar refractivity (Wildman–Crippen MR) is 83.4 cm³/mol. The summed E-state index contributed by atoms with van der Waals surface area (Å²) in [6.07, 6.45) is 0.800. The Balaban J connectivity index is 2.35. The largest absolute Gasteiger partial charge is 0.312 e. The molecule has 2 rings (SSSR count). The van der Waals surface area contributed by atoms with E-state index in [2.05, 4.69) is 28.4 Å². The van der Waals surface area contributed by atoms with Crippen molar-refractivity contribution in [1.82, 2.24) is 24.2 Å². The lowest BCUT2D eigenvalue weighted by atomic mass is 10.4. The Labute approximate surface area is 125 Å². The lowest BCUT2D eigenvalue weighted by Crippen LogP contribution is -2.27. The van der Waals surface area contributed by atoms with Crippen LogP contribution < -0.4 is 0 Å². The average Bonchev–Trinajstić information content (AvgIpc) is 2.91. The van der Waals surface area contributed by atoms with Gasteiger partial charge in [0.15, 0.2) is 5.65 Å². The molecule has 2 heterocycles. The zero-order valence-corrected chi connectivity index (χ0v) is 13.6. The van der Waals surface area contributed by atoms with E-state index in [9.17, 15) is 0 Å². The SMILES string of the molecule is CCN(CC)CCn1c(CCCl)nc2c(C)nn(C)c21. The van der Waals surface area contributed by atoms with Crippen LogP contribution in [-0.4, -0.2) is 49.7 Å². The number of rotatable bonds is 7. The maximum atomic E-state index is 5.91. The fourth-order valence-electron chi connectivity index (χ4n) is 2.67. The number of hydrogen-bond acceptors (Lipinski definition) is 3. The molecule has 2 aromatic heterocycles. The third-order valence-electron chi connectivity index (χ3n) is 3.82. The molecule has 20 heavy (non-hydrogen) atoms. The Bertz CT molecular complexity index is 568. The van der Waals surface area contributed by atoms with Crippen LogP contribution in [0.3, 0.4) is 0 Å². The minimum atomic E-state index is 0.598. The number of aryl methyl sites for hydroxylation is 3. The quantitative estimate of drug-likeness (QED) is 0.736. The second-order valence-electron chi connectivity index (χ2n) is 5.03. The van der Waals surface area contributed by atoms with Crippen LogP contribution in [0.1, 0.15) is 25.4 Å². The van der Waals surface area contributed by atoms with Crippen LogP contribution in [0.2, 0.25) is 0 Å². The van der Waals surface area contributed by atoms with Gasteiger partial charge in [0.05, 0.1) is 5.69 Å². The summed E-state index contributed by atoms with van der Waals surface area (Å²) in [5.74, 6) is 1.67. The van der Waals surface area contributed by atoms with Crippen LogP contribution >= 0.6 is 11.6 Å². The maximum absolute atomic E-state index is 5.91. The van der Waals surface area contributed by atoms with E-state index in [1.54, 1.807) is 0 Å². The highest BCUT2D eigenvalue weighted by Crippen LogP contribution is 2.19. The first-order valence-electron chi connectivity index (χ1n) is 7.29. The Morgan fingerprint density at radius 1 is 1.25 bits per heavy atom. The van der Waals surface area contributed by atoms with Crippen molar-refractivity contribution in [2.75, 3.05) is 25.5 Å². The zero-order valence-electron chi connectivity index (χ0n) is 12.9.